The van der Waals surface area contributed by atoms with Crippen LogP contribution in [-0.2, 0) is 16.2 Å². The third-order valence-corrected chi connectivity index (χ3v) is 5.67. The second kappa shape index (κ2) is 8.46. The van der Waals surface area contributed by atoms with Crippen LogP contribution in [0.5, 0.6) is 0 Å². The van der Waals surface area contributed by atoms with Gasteiger partial charge in [0.1, 0.15) is 18.0 Å². The molecule has 3 aromatic rings. The van der Waals surface area contributed by atoms with Crippen molar-refractivity contribution in [2.45, 2.75) is 11.1 Å². The van der Waals surface area contributed by atoms with Crippen LogP contribution in [0.25, 0.3) is 0 Å². The number of hydrogen-bond acceptors (Lipinski definition) is 6. The minimum absolute atomic E-state index is 0.00839. The van der Waals surface area contributed by atoms with Crippen molar-refractivity contribution in [1.82, 2.24) is 14.7 Å². The highest BCUT2D eigenvalue weighted by Crippen LogP contribution is 2.31. The molecule has 0 atom stereocenters. The predicted octanol–water partition coefficient (Wildman–Crippen LogP) is 4.54. The molecule has 12 heteroatoms. The van der Waals surface area contributed by atoms with E-state index >= 15 is 0 Å². The van der Waals surface area contributed by atoms with E-state index in [0.29, 0.717) is 23.0 Å². The van der Waals surface area contributed by atoms with E-state index in [9.17, 15) is 21.6 Å². The molecule has 30 heavy (non-hydrogen) atoms. The summed E-state index contributed by atoms with van der Waals surface area (Å²) in [6.07, 6.45) is -3.18. The van der Waals surface area contributed by atoms with E-state index in [1.807, 2.05) is 0 Å². The number of alkyl halides is 3. The highest BCUT2D eigenvalue weighted by molar-refractivity contribution is 7.89. The molecule has 1 heterocycles. The summed E-state index contributed by atoms with van der Waals surface area (Å²) < 4.78 is 64.1. The molecule has 1 aromatic heterocycles. The Morgan fingerprint density at radius 2 is 1.57 bits per heavy atom. The summed E-state index contributed by atoms with van der Waals surface area (Å²) in [6.45, 7) is 0. The Morgan fingerprint density at radius 1 is 0.933 bits per heavy atom. The SMILES string of the molecule is CNS(=O)(=O)c1ccc(Cl)c(Nc2cc(Nc3ccc(C(F)(F)F)cc3)ncn2)c1. The summed E-state index contributed by atoms with van der Waals surface area (Å²) >= 11 is 6.13. The van der Waals surface area contributed by atoms with Crippen molar-refractivity contribution >= 4 is 44.6 Å². The van der Waals surface area contributed by atoms with Gasteiger partial charge in [-0.25, -0.2) is 23.1 Å². The van der Waals surface area contributed by atoms with Gasteiger partial charge in [-0.05, 0) is 49.5 Å². The Hall–Kier alpha value is -2.89. The third-order valence-electron chi connectivity index (χ3n) is 3.93. The molecule has 2 aromatic carbocycles. The van der Waals surface area contributed by atoms with Crippen LogP contribution in [0.4, 0.5) is 36.2 Å². The standard InChI is InChI=1S/C18H15ClF3N5O2S/c1-23-30(28,29)13-6-7-14(19)15(8-13)27-17-9-16(24-10-25-17)26-12-4-2-11(3-5-12)18(20,21)22/h2-10,23H,1H3,(H2,24,25,26,27). The lowest BCUT2D eigenvalue weighted by molar-refractivity contribution is -0.137. The minimum atomic E-state index is -4.42. The van der Waals surface area contributed by atoms with E-state index in [2.05, 4.69) is 25.3 Å². The fraction of sp³-hybridized carbons (Fsp3) is 0.111. The summed E-state index contributed by atoms with van der Waals surface area (Å²) in [6, 6.07) is 10.1. The van der Waals surface area contributed by atoms with Crippen molar-refractivity contribution < 1.29 is 21.6 Å². The molecule has 0 radical (unpaired) electrons. The third kappa shape index (κ3) is 5.17. The summed E-state index contributed by atoms with van der Waals surface area (Å²) in [4.78, 5) is 8.07. The van der Waals surface area contributed by atoms with Gasteiger partial charge in [0, 0.05) is 11.8 Å². The molecule has 158 valence electrons. The molecule has 0 aliphatic rings. The first-order chi connectivity index (χ1) is 14.1. The lowest BCUT2D eigenvalue weighted by Crippen LogP contribution is -2.18. The van der Waals surface area contributed by atoms with Gasteiger partial charge in [-0.1, -0.05) is 11.6 Å². The zero-order valence-corrected chi connectivity index (χ0v) is 16.9. The molecule has 0 unspecified atom stereocenters. The quantitative estimate of drug-likeness (QED) is 0.503. The number of anilines is 4. The zero-order chi connectivity index (χ0) is 21.9. The molecule has 0 fully saturated rings. The Morgan fingerprint density at radius 3 is 2.17 bits per heavy atom. The highest BCUT2D eigenvalue weighted by Gasteiger charge is 2.29. The zero-order valence-electron chi connectivity index (χ0n) is 15.3. The second-order valence-electron chi connectivity index (χ2n) is 5.96. The first kappa shape index (κ1) is 21.8. The molecular formula is C18H15ClF3N5O2S. The topological polar surface area (TPSA) is 96.0 Å². The van der Waals surface area contributed by atoms with Crippen LogP contribution in [0.1, 0.15) is 5.56 Å². The molecule has 0 bridgehead atoms. The molecule has 0 spiro atoms. The Balaban J connectivity index is 1.80. The van der Waals surface area contributed by atoms with Crippen molar-refractivity contribution in [3.8, 4) is 0 Å². The first-order valence-corrected chi connectivity index (χ1v) is 10.2. The molecule has 0 aliphatic heterocycles. The molecule has 0 saturated carbocycles. The minimum Gasteiger partial charge on any atom is -0.340 e. The van der Waals surface area contributed by atoms with E-state index in [0.717, 1.165) is 12.1 Å². The van der Waals surface area contributed by atoms with Gasteiger partial charge in [-0.15, -0.1) is 0 Å². The summed E-state index contributed by atoms with van der Waals surface area (Å²) in [5.74, 6) is 0.600. The van der Waals surface area contributed by atoms with Gasteiger partial charge >= 0.3 is 6.18 Å². The lowest BCUT2D eigenvalue weighted by Gasteiger charge is -2.12. The maximum atomic E-state index is 12.7. The van der Waals surface area contributed by atoms with Crippen LogP contribution in [0, 0.1) is 0 Å². The number of nitrogens with one attached hydrogen (secondary N) is 3. The molecular weight excluding hydrogens is 443 g/mol. The summed E-state index contributed by atoms with van der Waals surface area (Å²) in [5, 5.41) is 6.04. The molecule has 0 amide bonds. The van der Waals surface area contributed by atoms with Crippen LogP contribution in [0.15, 0.2) is 59.8 Å². The normalized spacial score (nSPS) is 11.9. The van der Waals surface area contributed by atoms with Crippen molar-refractivity contribution in [1.29, 1.82) is 0 Å². The first-order valence-electron chi connectivity index (χ1n) is 8.35. The molecule has 0 saturated heterocycles. The number of halogens is 4. The average Bonchev–Trinajstić information content (AvgIpc) is 2.69. The molecule has 0 aliphatic carbocycles. The van der Waals surface area contributed by atoms with Crippen LogP contribution >= 0.6 is 11.6 Å². The van der Waals surface area contributed by atoms with E-state index in [1.165, 1.54) is 49.8 Å². The number of hydrogen-bond donors (Lipinski definition) is 3. The van der Waals surface area contributed by atoms with E-state index in [1.54, 1.807) is 0 Å². The van der Waals surface area contributed by atoms with E-state index in [-0.39, 0.29) is 9.92 Å². The number of benzene rings is 2. The van der Waals surface area contributed by atoms with Gasteiger partial charge in [0.25, 0.3) is 0 Å². The Kier molecular flexibility index (Phi) is 6.15. The Labute approximate surface area is 175 Å². The maximum Gasteiger partial charge on any atom is 0.416 e. The Bertz CT molecular complexity index is 1160. The summed E-state index contributed by atoms with van der Waals surface area (Å²) in [5.41, 5.74) is -0.0656. The fourth-order valence-electron chi connectivity index (χ4n) is 2.41. The molecule has 3 rings (SSSR count). The van der Waals surface area contributed by atoms with Gasteiger partial charge in [-0.2, -0.15) is 13.2 Å². The second-order valence-corrected chi connectivity index (χ2v) is 8.26. The van der Waals surface area contributed by atoms with Crippen molar-refractivity contribution in [2.75, 3.05) is 17.7 Å². The van der Waals surface area contributed by atoms with Crippen LogP contribution in [-0.4, -0.2) is 25.4 Å². The molecule has 3 N–H and O–H groups in total. The van der Waals surface area contributed by atoms with Gasteiger partial charge in [0.05, 0.1) is 21.2 Å². The summed E-state index contributed by atoms with van der Waals surface area (Å²) in [7, 11) is -2.37. The molecule has 7 nitrogen and oxygen atoms in total. The predicted molar refractivity (Wildman–Crippen MR) is 108 cm³/mol. The smallest absolute Gasteiger partial charge is 0.340 e. The van der Waals surface area contributed by atoms with Crippen LogP contribution < -0.4 is 15.4 Å². The van der Waals surface area contributed by atoms with Gasteiger partial charge in [0.2, 0.25) is 10.0 Å². The van der Waals surface area contributed by atoms with Gasteiger partial charge in [-0.3, -0.25) is 0 Å². The maximum absolute atomic E-state index is 12.7. The van der Waals surface area contributed by atoms with Crippen molar-refractivity contribution in [3.05, 3.63) is 65.4 Å². The lowest BCUT2D eigenvalue weighted by atomic mass is 10.2. The largest absolute Gasteiger partial charge is 0.416 e. The van der Waals surface area contributed by atoms with E-state index in [4.69, 9.17) is 11.6 Å². The number of nitrogens with zero attached hydrogens (tertiary/aromatic N) is 2. The average molecular weight is 458 g/mol. The van der Waals surface area contributed by atoms with Gasteiger partial charge < -0.3 is 10.6 Å². The van der Waals surface area contributed by atoms with Crippen molar-refractivity contribution in [3.63, 3.8) is 0 Å². The fourth-order valence-corrected chi connectivity index (χ4v) is 3.33. The number of aromatic nitrogens is 2. The number of sulfonamides is 1. The van der Waals surface area contributed by atoms with Crippen LogP contribution in [0.3, 0.4) is 0 Å². The highest BCUT2D eigenvalue weighted by atomic mass is 35.5. The van der Waals surface area contributed by atoms with E-state index < -0.39 is 21.8 Å². The van der Waals surface area contributed by atoms with Gasteiger partial charge in [0.15, 0.2) is 0 Å². The monoisotopic (exact) mass is 457 g/mol. The van der Waals surface area contributed by atoms with Crippen LogP contribution in [0.2, 0.25) is 5.02 Å². The van der Waals surface area contributed by atoms with Crippen molar-refractivity contribution in [2.24, 2.45) is 0 Å². The number of rotatable bonds is 6.